The fourth-order valence-electron chi connectivity index (χ4n) is 1.90. The molecule has 0 fully saturated rings. The average Bonchev–Trinajstić information content (AvgIpc) is 2.46. The van der Waals surface area contributed by atoms with Gasteiger partial charge in [0.2, 0.25) is 0 Å². The van der Waals surface area contributed by atoms with Crippen molar-refractivity contribution < 1.29 is 19.8 Å². The number of nitrogens with two attached hydrogens (primary N) is 1. The molecule has 106 valence electrons. The molecule has 21 heavy (non-hydrogen) atoms. The number of carboxylic acids is 2. The van der Waals surface area contributed by atoms with Crippen LogP contribution in [0.15, 0.2) is 48.5 Å². The zero-order valence-corrected chi connectivity index (χ0v) is 11.0. The van der Waals surface area contributed by atoms with E-state index in [0.29, 0.717) is 16.8 Å². The van der Waals surface area contributed by atoms with Gasteiger partial charge in [-0.15, -0.1) is 0 Å². The number of nitrogen functional groups attached to an aromatic ring is 1. The minimum atomic E-state index is -1.14. The Hall–Kier alpha value is -3.08. The first-order valence-corrected chi connectivity index (χ1v) is 6.12. The quantitative estimate of drug-likeness (QED) is 0.455. The molecule has 5 nitrogen and oxygen atoms in total. The molecule has 0 atom stereocenters. The summed E-state index contributed by atoms with van der Waals surface area (Å²) in [5.74, 6) is -2.25. The normalized spacial score (nSPS) is 11.1. The summed E-state index contributed by atoms with van der Waals surface area (Å²) < 4.78 is 0. The lowest BCUT2D eigenvalue weighted by molar-refractivity contribution is -0.130. The van der Waals surface area contributed by atoms with Gasteiger partial charge in [0.15, 0.2) is 0 Å². The molecule has 0 aliphatic heterocycles. The maximum Gasteiger partial charge on any atom is 0.336 e. The van der Waals surface area contributed by atoms with Crippen LogP contribution in [0, 0.1) is 0 Å². The summed E-state index contributed by atoms with van der Waals surface area (Å²) in [4.78, 5) is 22.6. The van der Waals surface area contributed by atoms with Crippen molar-refractivity contribution in [3.63, 3.8) is 0 Å². The van der Waals surface area contributed by atoms with Gasteiger partial charge in [-0.1, -0.05) is 30.3 Å². The molecule has 0 aromatic heterocycles. The Morgan fingerprint density at radius 1 is 0.952 bits per heavy atom. The van der Waals surface area contributed by atoms with Crippen LogP contribution in [0.3, 0.4) is 0 Å². The van der Waals surface area contributed by atoms with Crippen LogP contribution in [-0.2, 0) is 4.79 Å². The molecule has 0 heterocycles. The number of anilines is 1. The Labute approximate surface area is 121 Å². The SMILES string of the molecule is Nc1ccc(/C(=C/c2ccccc2C(=O)O)C(=O)O)cc1. The Bertz CT molecular complexity index is 717. The second kappa shape index (κ2) is 5.92. The van der Waals surface area contributed by atoms with E-state index in [1.54, 1.807) is 42.5 Å². The van der Waals surface area contributed by atoms with Crippen LogP contribution in [0.2, 0.25) is 0 Å². The summed E-state index contributed by atoms with van der Waals surface area (Å²) in [6.07, 6.45) is 1.34. The molecule has 5 heteroatoms. The smallest absolute Gasteiger partial charge is 0.336 e. The maximum absolute atomic E-state index is 11.4. The average molecular weight is 283 g/mol. The van der Waals surface area contributed by atoms with Gasteiger partial charge >= 0.3 is 11.9 Å². The standard InChI is InChI=1S/C16H13NO4/c17-12-7-5-10(6-8-12)14(16(20)21)9-11-3-1-2-4-13(11)15(18)19/h1-9H,17H2,(H,18,19)(H,20,21)/b14-9-. The number of hydrogen-bond donors (Lipinski definition) is 3. The summed E-state index contributed by atoms with van der Waals surface area (Å²) >= 11 is 0. The molecule has 2 aromatic rings. The van der Waals surface area contributed by atoms with Crippen molar-refractivity contribution in [2.75, 3.05) is 5.73 Å². The minimum Gasteiger partial charge on any atom is -0.478 e. The molecule has 0 radical (unpaired) electrons. The van der Waals surface area contributed by atoms with Crippen molar-refractivity contribution in [2.24, 2.45) is 0 Å². The highest BCUT2D eigenvalue weighted by Crippen LogP contribution is 2.21. The van der Waals surface area contributed by atoms with Gasteiger partial charge in [0, 0.05) is 5.69 Å². The first kappa shape index (κ1) is 14.3. The van der Waals surface area contributed by atoms with E-state index in [-0.39, 0.29) is 11.1 Å². The number of benzene rings is 2. The highest BCUT2D eigenvalue weighted by atomic mass is 16.4. The van der Waals surface area contributed by atoms with Crippen LogP contribution in [0.4, 0.5) is 5.69 Å². The summed E-state index contributed by atoms with van der Waals surface area (Å²) in [5, 5.41) is 18.5. The number of aliphatic carboxylic acids is 1. The third-order valence-electron chi connectivity index (χ3n) is 2.94. The van der Waals surface area contributed by atoms with Crippen LogP contribution >= 0.6 is 0 Å². The van der Waals surface area contributed by atoms with Gasteiger partial charge in [-0.25, -0.2) is 9.59 Å². The highest BCUT2D eigenvalue weighted by Gasteiger charge is 2.13. The van der Waals surface area contributed by atoms with Gasteiger partial charge in [0.05, 0.1) is 11.1 Å². The molecule has 0 amide bonds. The van der Waals surface area contributed by atoms with Crippen molar-refractivity contribution in [1.82, 2.24) is 0 Å². The molecule has 0 bridgehead atoms. The largest absolute Gasteiger partial charge is 0.478 e. The van der Waals surface area contributed by atoms with Gasteiger partial charge < -0.3 is 15.9 Å². The number of hydrogen-bond acceptors (Lipinski definition) is 3. The lowest BCUT2D eigenvalue weighted by Gasteiger charge is -2.06. The summed E-state index contributed by atoms with van der Waals surface area (Å²) in [6, 6.07) is 12.6. The first-order chi connectivity index (χ1) is 9.99. The molecule has 0 aliphatic carbocycles. The van der Waals surface area contributed by atoms with E-state index >= 15 is 0 Å². The second-order valence-electron chi connectivity index (χ2n) is 4.38. The van der Waals surface area contributed by atoms with E-state index < -0.39 is 11.9 Å². The van der Waals surface area contributed by atoms with Gasteiger partial charge in [0.1, 0.15) is 0 Å². The Morgan fingerprint density at radius 2 is 1.57 bits per heavy atom. The summed E-state index contributed by atoms with van der Waals surface area (Å²) in [5.41, 5.74) is 6.94. The fourth-order valence-corrected chi connectivity index (χ4v) is 1.90. The lowest BCUT2D eigenvalue weighted by atomic mass is 10.00. The van der Waals surface area contributed by atoms with E-state index in [9.17, 15) is 14.7 Å². The van der Waals surface area contributed by atoms with E-state index in [1.807, 2.05) is 0 Å². The third kappa shape index (κ3) is 3.27. The Kier molecular flexibility index (Phi) is 4.04. The van der Waals surface area contributed by atoms with E-state index in [2.05, 4.69) is 0 Å². The lowest BCUT2D eigenvalue weighted by Crippen LogP contribution is -2.03. The maximum atomic E-state index is 11.4. The van der Waals surface area contributed by atoms with Crippen LogP contribution in [0.1, 0.15) is 21.5 Å². The molecule has 2 aromatic carbocycles. The summed E-state index contributed by atoms with van der Waals surface area (Å²) in [6.45, 7) is 0. The van der Waals surface area contributed by atoms with Crippen molar-refractivity contribution >= 4 is 29.3 Å². The molecule has 0 aliphatic rings. The number of carbonyl (C=O) groups is 2. The number of aromatic carboxylic acids is 1. The first-order valence-electron chi connectivity index (χ1n) is 6.12. The van der Waals surface area contributed by atoms with Crippen LogP contribution in [0.25, 0.3) is 11.6 Å². The van der Waals surface area contributed by atoms with Crippen LogP contribution in [0.5, 0.6) is 0 Å². The molecule has 2 rings (SSSR count). The molecular formula is C16H13NO4. The molecule has 4 N–H and O–H groups in total. The molecule has 0 unspecified atom stereocenters. The topological polar surface area (TPSA) is 101 Å². The van der Waals surface area contributed by atoms with Gasteiger partial charge in [-0.05, 0) is 35.4 Å². The van der Waals surface area contributed by atoms with Crippen molar-refractivity contribution in [3.05, 3.63) is 65.2 Å². The zero-order chi connectivity index (χ0) is 15.4. The Morgan fingerprint density at radius 3 is 2.14 bits per heavy atom. The van der Waals surface area contributed by atoms with Crippen LogP contribution < -0.4 is 5.73 Å². The molecule has 0 spiro atoms. The minimum absolute atomic E-state index is 0.00343. The van der Waals surface area contributed by atoms with E-state index in [1.165, 1.54) is 12.1 Å². The second-order valence-corrected chi connectivity index (χ2v) is 4.38. The fraction of sp³-hybridized carbons (Fsp3) is 0. The van der Waals surface area contributed by atoms with E-state index in [4.69, 9.17) is 10.8 Å². The van der Waals surface area contributed by atoms with Gasteiger partial charge in [0.25, 0.3) is 0 Å². The van der Waals surface area contributed by atoms with E-state index in [0.717, 1.165) is 0 Å². The summed E-state index contributed by atoms with van der Waals surface area (Å²) in [7, 11) is 0. The van der Waals surface area contributed by atoms with Crippen molar-refractivity contribution in [1.29, 1.82) is 0 Å². The van der Waals surface area contributed by atoms with Crippen LogP contribution in [-0.4, -0.2) is 22.2 Å². The van der Waals surface area contributed by atoms with Crippen molar-refractivity contribution in [2.45, 2.75) is 0 Å². The number of carboxylic acid groups (broad SMARTS) is 2. The highest BCUT2D eigenvalue weighted by molar-refractivity contribution is 6.21. The zero-order valence-electron chi connectivity index (χ0n) is 11.0. The molecule has 0 saturated heterocycles. The number of rotatable bonds is 4. The predicted octanol–water partition coefficient (Wildman–Crippen LogP) is 2.59. The monoisotopic (exact) mass is 283 g/mol. The van der Waals surface area contributed by atoms with Crippen molar-refractivity contribution in [3.8, 4) is 0 Å². The Balaban J connectivity index is 2.56. The van der Waals surface area contributed by atoms with Gasteiger partial charge in [-0.2, -0.15) is 0 Å². The molecule has 0 saturated carbocycles. The van der Waals surface area contributed by atoms with Gasteiger partial charge in [-0.3, -0.25) is 0 Å². The third-order valence-corrected chi connectivity index (χ3v) is 2.94. The predicted molar refractivity (Wildman–Crippen MR) is 79.8 cm³/mol. The molecular weight excluding hydrogens is 270 g/mol.